The molecule has 0 spiro atoms. The van der Waals surface area contributed by atoms with E-state index < -0.39 is 11.6 Å². The molecular weight excluding hydrogens is 144 g/mol. The second-order valence-corrected chi connectivity index (χ2v) is 2.87. The van der Waals surface area contributed by atoms with E-state index >= 15 is 0 Å². The molecule has 0 aromatic carbocycles. The summed E-state index contributed by atoms with van der Waals surface area (Å²) in [7, 11) is 3.34. The Bertz CT molecular complexity index is 147. The number of carboxylic acids is 1. The van der Waals surface area contributed by atoms with E-state index in [9.17, 15) is 4.79 Å². The van der Waals surface area contributed by atoms with Gasteiger partial charge in [0, 0.05) is 0 Å². The molecule has 1 unspecified atom stereocenters. The number of nitrogens with two attached hydrogens (primary N) is 1. The molecule has 66 valence electrons. The molecule has 1 atom stereocenters. The summed E-state index contributed by atoms with van der Waals surface area (Å²) in [6, 6.07) is 0. The molecule has 0 aliphatic heterocycles. The third kappa shape index (κ3) is 2.17. The van der Waals surface area contributed by atoms with E-state index in [0.717, 1.165) is 6.42 Å². The smallest absolute Gasteiger partial charge is 0.338 e. The van der Waals surface area contributed by atoms with Crippen LogP contribution in [0.4, 0.5) is 0 Å². The lowest BCUT2D eigenvalue weighted by Crippen LogP contribution is -2.58. The van der Waals surface area contributed by atoms with Gasteiger partial charge in [0.2, 0.25) is 0 Å². The van der Waals surface area contributed by atoms with Crippen LogP contribution in [0.15, 0.2) is 0 Å². The Labute approximate surface area is 67.0 Å². The van der Waals surface area contributed by atoms with Crippen molar-refractivity contribution >= 4 is 5.97 Å². The third-order valence-electron chi connectivity index (χ3n) is 1.80. The molecule has 0 aromatic heterocycles. The molecule has 0 fully saturated rings. The number of aliphatic carboxylic acids is 1. The van der Waals surface area contributed by atoms with Crippen LogP contribution in [0, 0.1) is 0 Å². The van der Waals surface area contributed by atoms with Gasteiger partial charge in [0.25, 0.3) is 0 Å². The Morgan fingerprint density at radius 1 is 1.64 bits per heavy atom. The predicted molar refractivity (Wildman–Crippen MR) is 43.1 cm³/mol. The standard InChI is InChI=1S/C7H16N2O2/c1-4-5-7(8,6(10)11)9(2)3/h4-5,8H2,1-3H3,(H,10,11). The van der Waals surface area contributed by atoms with Crippen molar-refractivity contribution in [2.75, 3.05) is 14.1 Å². The van der Waals surface area contributed by atoms with Crippen LogP contribution < -0.4 is 5.73 Å². The fraction of sp³-hybridized carbons (Fsp3) is 0.857. The van der Waals surface area contributed by atoms with Gasteiger partial charge < -0.3 is 10.8 Å². The van der Waals surface area contributed by atoms with Gasteiger partial charge in [-0.1, -0.05) is 13.3 Å². The Morgan fingerprint density at radius 3 is 2.18 bits per heavy atom. The summed E-state index contributed by atoms with van der Waals surface area (Å²) in [5.74, 6) is -0.968. The van der Waals surface area contributed by atoms with Gasteiger partial charge >= 0.3 is 5.97 Å². The fourth-order valence-electron chi connectivity index (χ4n) is 0.903. The Balaban J connectivity index is 4.38. The molecule has 0 rings (SSSR count). The molecule has 0 bridgehead atoms. The minimum absolute atomic E-state index is 0.468. The molecular formula is C7H16N2O2. The third-order valence-corrected chi connectivity index (χ3v) is 1.80. The maximum Gasteiger partial charge on any atom is 0.338 e. The molecule has 0 heterocycles. The fourth-order valence-corrected chi connectivity index (χ4v) is 0.903. The number of hydrogen-bond acceptors (Lipinski definition) is 3. The van der Waals surface area contributed by atoms with Crippen LogP contribution in [-0.4, -0.2) is 35.7 Å². The quantitative estimate of drug-likeness (QED) is 0.572. The van der Waals surface area contributed by atoms with Gasteiger partial charge in [0.1, 0.15) is 0 Å². The van der Waals surface area contributed by atoms with Crippen molar-refractivity contribution in [2.45, 2.75) is 25.4 Å². The molecule has 0 aliphatic rings. The second kappa shape index (κ2) is 3.69. The molecule has 3 N–H and O–H groups in total. The van der Waals surface area contributed by atoms with Crippen molar-refractivity contribution in [3.8, 4) is 0 Å². The highest BCUT2D eigenvalue weighted by Crippen LogP contribution is 2.11. The number of carboxylic acid groups (broad SMARTS) is 1. The number of likely N-dealkylation sites (N-methyl/N-ethyl adjacent to an activating group) is 1. The summed E-state index contributed by atoms with van der Waals surface area (Å²) in [5, 5.41) is 8.77. The van der Waals surface area contributed by atoms with Crippen molar-refractivity contribution in [3.63, 3.8) is 0 Å². The first-order valence-electron chi connectivity index (χ1n) is 3.65. The average Bonchev–Trinajstić information content (AvgIpc) is 1.87. The first kappa shape index (κ1) is 10.4. The normalized spacial score (nSPS) is 16.5. The molecule has 0 saturated heterocycles. The lowest BCUT2D eigenvalue weighted by atomic mass is 10.0. The van der Waals surface area contributed by atoms with Gasteiger partial charge in [0.05, 0.1) is 0 Å². The Kier molecular flexibility index (Phi) is 3.48. The van der Waals surface area contributed by atoms with Crippen LogP contribution in [0.2, 0.25) is 0 Å². The predicted octanol–water partition coefficient (Wildman–Crippen LogP) is 0.0877. The largest absolute Gasteiger partial charge is 0.479 e. The summed E-state index contributed by atoms with van der Waals surface area (Å²) in [5.41, 5.74) is 4.42. The second-order valence-electron chi connectivity index (χ2n) is 2.87. The highest BCUT2D eigenvalue weighted by molar-refractivity contribution is 5.77. The van der Waals surface area contributed by atoms with Crippen LogP contribution in [0.1, 0.15) is 19.8 Å². The van der Waals surface area contributed by atoms with Crippen LogP contribution in [0.3, 0.4) is 0 Å². The summed E-state index contributed by atoms with van der Waals surface area (Å²) in [6.07, 6.45) is 1.23. The number of rotatable bonds is 4. The van der Waals surface area contributed by atoms with E-state index in [0.29, 0.717) is 6.42 Å². The molecule has 11 heavy (non-hydrogen) atoms. The molecule has 4 nitrogen and oxygen atoms in total. The lowest BCUT2D eigenvalue weighted by molar-refractivity contribution is -0.150. The van der Waals surface area contributed by atoms with Crippen LogP contribution in [-0.2, 0) is 4.79 Å². The molecule has 0 radical (unpaired) electrons. The Hall–Kier alpha value is -0.610. The highest BCUT2D eigenvalue weighted by Gasteiger charge is 2.34. The summed E-state index contributed by atoms with van der Waals surface area (Å²) >= 11 is 0. The van der Waals surface area contributed by atoms with Gasteiger partial charge in [0.15, 0.2) is 5.66 Å². The van der Waals surface area contributed by atoms with E-state index in [-0.39, 0.29) is 0 Å². The van der Waals surface area contributed by atoms with Crippen LogP contribution in [0.25, 0.3) is 0 Å². The Morgan fingerprint density at radius 2 is 2.09 bits per heavy atom. The molecule has 0 aliphatic carbocycles. The summed E-state index contributed by atoms with van der Waals surface area (Å²) in [6.45, 7) is 1.91. The van der Waals surface area contributed by atoms with E-state index in [1.54, 1.807) is 14.1 Å². The minimum atomic E-state index is -1.20. The monoisotopic (exact) mass is 160 g/mol. The number of nitrogens with zero attached hydrogens (tertiary/aromatic N) is 1. The van der Waals surface area contributed by atoms with Gasteiger partial charge in [-0.15, -0.1) is 0 Å². The zero-order chi connectivity index (χ0) is 9.07. The number of carbonyl (C=O) groups is 1. The average molecular weight is 160 g/mol. The van der Waals surface area contributed by atoms with Crippen molar-refractivity contribution in [1.29, 1.82) is 0 Å². The zero-order valence-corrected chi connectivity index (χ0v) is 7.29. The van der Waals surface area contributed by atoms with Gasteiger partial charge in [-0.25, -0.2) is 4.79 Å². The van der Waals surface area contributed by atoms with Crippen molar-refractivity contribution in [3.05, 3.63) is 0 Å². The summed E-state index contributed by atoms with van der Waals surface area (Å²) < 4.78 is 0. The van der Waals surface area contributed by atoms with Crippen molar-refractivity contribution in [1.82, 2.24) is 4.90 Å². The molecule has 4 heteroatoms. The topological polar surface area (TPSA) is 66.6 Å². The van der Waals surface area contributed by atoms with Crippen LogP contribution >= 0.6 is 0 Å². The van der Waals surface area contributed by atoms with Gasteiger partial charge in [-0.3, -0.25) is 4.90 Å². The van der Waals surface area contributed by atoms with E-state index in [2.05, 4.69) is 0 Å². The lowest BCUT2D eigenvalue weighted by Gasteiger charge is -2.31. The maximum absolute atomic E-state index is 10.7. The minimum Gasteiger partial charge on any atom is -0.479 e. The van der Waals surface area contributed by atoms with Gasteiger partial charge in [-0.2, -0.15) is 0 Å². The molecule has 0 amide bonds. The number of hydrogen-bond donors (Lipinski definition) is 2. The molecule has 0 aromatic rings. The summed E-state index contributed by atoms with van der Waals surface area (Å²) in [4.78, 5) is 12.2. The van der Waals surface area contributed by atoms with E-state index in [1.807, 2.05) is 6.92 Å². The van der Waals surface area contributed by atoms with Crippen molar-refractivity contribution in [2.24, 2.45) is 5.73 Å². The first-order valence-corrected chi connectivity index (χ1v) is 3.65. The SMILES string of the molecule is CCCC(N)(C(=O)O)N(C)C. The highest BCUT2D eigenvalue weighted by atomic mass is 16.4. The van der Waals surface area contributed by atoms with Crippen LogP contribution in [0.5, 0.6) is 0 Å². The molecule has 0 saturated carbocycles. The van der Waals surface area contributed by atoms with Gasteiger partial charge in [-0.05, 0) is 20.5 Å². The van der Waals surface area contributed by atoms with E-state index in [4.69, 9.17) is 10.8 Å². The first-order chi connectivity index (χ1) is 4.95. The van der Waals surface area contributed by atoms with Crippen molar-refractivity contribution < 1.29 is 9.90 Å². The maximum atomic E-state index is 10.7. The zero-order valence-electron chi connectivity index (χ0n) is 7.29. The van der Waals surface area contributed by atoms with E-state index in [1.165, 1.54) is 4.90 Å².